The number of piperidine rings is 1. The topological polar surface area (TPSA) is 82.0 Å². The minimum absolute atomic E-state index is 0.196. The Bertz CT molecular complexity index is 668. The van der Waals surface area contributed by atoms with Gasteiger partial charge in [0.25, 0.3) is 0 Å². The molecule has 1 aromatic heterocycles. The van der Waals surface area contributed by atoms with Crippen molar-refractivity contribution in [1.82, 2.24) is 19.8 Å². The van der Waals surface area contributed by atoms with Crippen molar-refractivity contribution in [3.63, 3.8) is 0 Å². The van der Waals surface area contributed by atoms with Crippen molar-refractivity contribution in [3.8, 4) is 0 Å². The predicted molar refractivity (Wildman–Crippen MR) is 105 cm³/mol. The molecule has 1 N–H and O–H groups in total. The maximum Gasteiger partial charge on any atom is 0.236 e. The largest absolute Gasteiger partial charge is 0.390 e. The lowest BCUT2D eigenvalue weighted by atomic mass is 9.78. The van der Waals surface area contributed by atoms with Gasteiger partial charge in [-0.15, -0.1) is 0 Å². The first kappa shape index (κ1) is 19.5. The van der Waals surface area contributed by atoms with E-state index in [0.29, 0.717) is 39.1 Å². The van der Waals surface area contributed by atoms with E-state index in [2.05, 4.69) is 19.8 Å². The van der Waals surface area contributed by atoms with Gasteiger partial charge in [0.05, 0.1) is 24.4 Å². The summed E-state index contributed by atoms with van der Waals surface area (Å²) in [6.07, 6.45) is 6.51. The fraction of sp³-hybridized carbons (Fsp3) is 0.750. The molecule has 3 aliphatic heterocycles. The number of likely N-dealkylation sites (tertiary alicyclic amines) is 1. The molecule has 4 heterocycles. The van der Waals surface area contributed by atoms with Crippen molar-refractivity contribution in [1.29, 1.82) is 0 Å². The zero-order chi connectivity index (χ0) is 19.6. The first-order valence-corrected chi connectivity index (χ1v) is 10.3. The molecule has 0 saturated carbocycles. The van der Waals surface area contributed by atoms with Gasteiger partial charge in [-0.2, -0.15) is 0 Å². The van der Waals surface area contributed by atoms with Gasteiger partial charge in [0.1, 0.15) is 0 Å². The molecule has 3 fully saturated rings. The standard InChI is InChI=1S/C20H31N5O3/c1-19(27)5-14-28-20(16-19)3-8-24(9-4-20)17(26)15-23-10-12-25(13-11-23)18-21-6-2-7-22-18/h2,6-7,27H,3-5,8-16H2,1H3. The Morgan fingerprint density at radius 3 is 2.43 bits per heavy atom. The molecule has 1 amide bonds. The van der Waals surface area contributed by atoms with E-state index in [9.17, 15) is 9.90 Å². The average molecular weight is 390 g/mol. The Balaban J connectivity index is 1.23. The second kappa shape index (κ2) is 7.93. The number of rotatable bonds is 3. The SMILES string of the molecule is CC1(O)CCOC2(CCN(C(=O)CN3CCN(c4ncccn4)CC3)CC2)C1. The third kappa shape index (κ3) is 4.45. The molecule has 0 bridgehead atoms. The highest BCUT2D eigenvalue weighted by Gasteiger charge is 2.45. The number of carbonyl (C=O) groups is 1. The number of amides is 1. The number of piperazine rings is 1. The van der Waals surface area contributed by atoms with E-state index in [1.165, 1.54) is 0 Å². The van der Waals surface area contributed by atoms with Gasteiger partial charge in [-0.3, -0.25) is 9.69 Å². The summed E-state index contributed by atoms with van der Waals surface area (Å²) in [6.45, 7) is 7.76. The highest BCUT2D eigenvalue weighted by Crippen LogP contribution is 2.39. The van der Waals surface area contributed by atoms with Crippen LogP contribution in [0.25, 0.3) is 0 Å². The number of hydrogen-bond donors (Lipinski definition) is 1. The Hall–Kier alpha value is -1.77. The van der Waals surface area contributed by atoms with Crippen molar-refractivity contribution < 1.29 is 14.6 Å². The Morgan fingerprint density at radius 1 is 1.11 bits per heavy atom. The van der Waals surface area contributed by atoms with E-state index in [1.54, 1.807) is 12.4 Å². The van der Waals surface area contributed by atoms with Crippen LogP contribution in [0.3, 0.4) is 0 Å². The van der Waals surface area contributed by atoms with Crippen molar-refractivity contribution in [2.75, 3.05) is 57.3 Å². The van der Waals surface area contributed by atoms with Gasteiger partial charge in [-0.05, 0) is 32.3 Å². The smallest absolute Gasteiger partial charge is 0.236 e. The van der Waals surface area contributed by atoms with Crippen molar-refractivity contribution >= 4 is 11.9 Å². The van der Waals surface area contributed by atoms with Gasteiger partial charge in [0.15, 0.2) is 0 Å². The molecule has 1 aromatic rings. The number of aliphatic hydroxyl groups is 1. The van der Waals surface area contributed by atoms with Crippen LogP contribution in [0, 0.1) is 0 Å². The molecular formula is C20H31N5O3. The van der Waals surface area contributed by atoms with Crippen LogP contribution in [0.1, 0.15) is 32.6 Å². The zero-order valence-electron chi connectivity index (χ0n) is 16.7. The number of aromatic nitrogens is 2. The monoisotopic (exact) mass is 389 g/mol. The molecule has 1 unspecified atom stereocenters. The van der Waals surface area contributed by atoms with Gasteiger partial charge in [-0.1, -0.05) is 0 Å². The molecule has 0 aliphatic carbocycles. The molecule has 8 nitrogen and oxygen atoms in total. The third-order valence-corrected chi connectivity index (χ3v) is 6.35. The molecule has 0 aromatic carbocycles. The highest BCUT2D eigenvalue weighted by atomic mass is 16.5. The molecule has 1 spiro atoms. The number of hydrogen-bond acceptors (Lipinski definition) is 7. The van der Waals surface area contributed by atoms with Crippen molar-refractivity contribution in [2.24, 2.45) is 0 Å². The molecule has 28 heavy (non-hydrogen) atoms. The van der Waals surface area contributed by atoms with E-state index >= 15 is 0 Å². The minimum Gasteiger partial charge on any atom is -0.390 e. The van der Waals surface area contributed by atoms with Gasteiger partial charge >= 0.3 is 0 Å². The molecule has 8 heteroatoms. The van der Waals surface area contributed by atoms with E-state index in [4.69, 9.17) is 4.74 Å². The minimum atomic E-state index is -0.646. The summed E-state index contributed by atoms with van der Waals surface area (Å²) in [5, 5.41) is 10.4. The first-order chi connectivity index (χ1) is 13.4. The fourth-order valence-electron chi connectivity index (χ4n) is 4.66. The lowest BCUT2D eigenvalue weighted by Gasteiger charge is -2.48. The van der Waals surface area contributed by atoms with E-state index in [-0.39, 0.29) is 11.5 Å². The summed E-state index contributed by atoms with van der Waals surface area (Å²) in [5.41, 5.74) is -0.896. The molecule has 4 rings (SSSR count). The predicted octanol–water partition coefficient (Wildman–Crippen LogP) is 0.521. The third-order valence-electron chi connectivity index (χ3n) is 6.35. The van der Waals surface area contributed by atoms with Gasteiger partial charge in [-0.25, -0.2) is 9.97 Å². The second-order valence-corrected chi connectivity index (χ2v) is 8.65. The number of anilines is 1. The van der Waals surface area contributed by atoms with Crippen molar-refractivity contribution in [2.45, 2.75) is 43.8 Å². The molecule has 0 radical (unpaired) electrons. The lowest BCUT2D eigenvalue weighted by Crippen LogP contribution is -2.56. The second-order valence-electron chi connectivity index (χ2n) is 8.65. The van der Waals surface area contributed by atoms with Crippen LogP contribution < -0.4 is 4.90 Å². The van der Waals surface area contributed by atoms with Crippen molar-refractivity contribution in [3.05, 3.63) is 18.5 Å². The molecule has 1 atom stereocenters. The highest BCUT2D eigenvalue weighted by molar-refractivity contribution is 5.78. The Morgan fingerprint density at radius 2 is 1.79 bits per heavy atom. The van der Waals surface area contributed by atoms with Crippen LogP contribution >= 0.6 is 0 Å². The normalized spacial score (nSPS) is 28.5. The average Bonchev–Trinajstić information content (AvgIpc) is 2.69. The molecule has 3 saturated heterocycles. The van der Waals surface area contributed by atoms with Gasteiger partial charge in [0, 0.05) is 58.1 Å². The maximum atomic E-state index is 12.8. The van der Waals surface area contributed by atoms with Crippen LogP contribution in [-0.4, -0.2) is 94.4 Å². The van der Waals surface area contributed by atoms with Crippen LogP contribution in [0.15, 0.2) is 18.5 Å². The quantitative estimate of drug-likeness (QED) is 0.807. The lowest BCUT2D eigenvalue weighted by molar-refractivity contribution is -0.175. The Kier molecular flexibility index (Phi) is 5.53. The van der Waals surface area contributed by atoms with E-state index < -0.39 is 5.60 Å². The van der Waals surface area contributed by atoms with Gasteiger partial charge in [0.2, 0.25) is 11.9 Å². The van der Waals surface area contributed by atoms with Crippen LogP contribution in [0.4, 0.5) is 5.95 Å². The summed E-state index contributed by atoms with van der Waals surface area (Å²) >= 11 is 0. The van der Waals surface area contributed by atoms with Crippen LogP contribution in [0.5, 0.6) is 0 Å². The van der Waals surface area contributed by atoms with Gasteiger partial charge < -0.3 is 19.6 Å². The summed E-state index contributed by atoms with van der Waals surface area (Å²) in [4.78, 5) is 27.7. The van der Waals surface area contributed by atoms with E-state index in [1.807, 2.05) is 17.9 Å². The summed E-state index contributed by atoms with van der Waals surface area (Å²) in [7, 11) is 0. The molecule has 154 valence electrons. The number of carbonyl (C=O) groups excluding carboxylic acids is 1. The fourth-order valence-corrected chi connectivity index (χ4v) is 4.66. The maximum absolute atomic E-state index is 12.8. The summed E-state index contributed by atoms with van der Waals surface area (Å²) in [6, 6.07) is 1.82. The van der Waals surface area contributed by atoms with E-state index in [0.717, 1.165) is 45.0 Å². The summed E-state index contributed by atoms with van der Waals surface area (Å²) < 4.78 is 6.05. The molecule has 3 aliphatic rings. The van der Waals surface area contributed by atoms with Crippen LogP contribution in [-0.2, 0) is 9.53 Å². The number of ether oxygens (including phenoxy) is 1. The first-order valence-electron chi connectivity index (χ1n) is 10.3. The summed E-state index contributed by atoms with van der Waals surface area (Å²) in [5.74, 6) is 0.958. The zero-order valence-corrected chi connectivity index (χ0v) is 16.7. The Labute approximate surface area is 166 Å². The van der Waals surface area contributed by atoms with Crippen LogP contribution in [0.2, 0.25) is 0 Å². The molecular weight excluding hydrogens is 358 g/mol. The number of nitrogens with zero attached hydrogens (tertiary/aromatic N) is 5.